The zero-order chi connectivity index (χ0) is 8.69. The molecule has 0 saturated heterocycles. The molecule has 1 nitrogen and oxygen atoms in total. The van der Waals surface area contributed by atoms with Crippen molar-refractivity contribution in [2.45, 2.75) is 59.0 Å². The zero-order valence-corrected chi connectivity index (χ0v) is 8.14. The Labute approximate surface area is 70.8 Å². The van der Waals surface area contributed by atoms with Crippen molar-refractivity contribution in [3.05, 3.63) is 0 Å². The fourth-order valence-electron chi connectivity index (χ4n) is 1.66. The van der Waals surface area contributed by atoms with E-state index in [4.69, 9.17) is 0 Å². The average Bonchev–Trinajstić information content (AvgIpc) is 2.09. The first-order valence-corrected chi connectivity index (χ1v) is 5.02. The van der Waals surface area contributed by atoms with Crippen LogP contribution in [0.25, 0.3) is 0 Å². The van der Waals surface area contributed by atoms with E-state index in [2.05, 4.69) is 6.92 Å². The molecule has 1 rings (SSSR count). The van der Waals surface area contributed by atoms with E-state index in [-0.39, 0.29) is 6.10 Å². The summed E-state index contributed by atoms with van der Waals surface area (Å²) in [7, 11) is 0. The van der Waals surface area contributed by atoms with Gasteiger partial charge in [0.25, 0.3) is 0 Å². The fourth-order valence-corrected chi connectivity index (χ4v) is 1.66. The topological polar surface area (TPSA) is 20.2 Å². The number of hydrogen-bond donors (Lipinski definition) is 1. The third-order valence-electron chi connectivity index (χ3n) is 2.39. The molecule has 0 aliphatic heterocycles. The molecule has 1 fully saturated rings. The van der Waals surface area contributed by atoms with Gasteiger partial charge in [-0.3, -0.25) is 0 Å². The molecule has 0 bridgehead atoms. The second-order valence-electron chi connectivity index (χ2n) is 3.02. The number of aliphatic hydroxyl groups is 1. The van der Waals surface area contributed by atoms with Gasteiger partial charge in [0.1, 0.15) is 0 Å². The first-order valence-electron chi connectivity index (χ1n) is 5.02. The summed E-state index contributed by atoms with van der Waals surface area (Å²) in [5.74, 6) is 0.610. The van der Waals surface area contributed by atoms with Crippen LogP contribution in [0, 0.1) is 5.92 Å². The Hall–Kier alpha value is -0.0400. The van der Waals surface area contributed by atoms with Gasteiger partial charge in [-0.2, -0.15) is 0 Å². The van der Waals surface area contributed by atoms with Crippen LogP contribution in [0.3, 0.4) is 0 Å². The Morgan fingerprint density at radius 1 is 1.18 bits per heavy atom. The molecule has 0 amide bonds. The van der Waals surface area contributed by atoms with Crippen LogP contribution in [0.4, 0.5) is 0 Å². The van der Waals surface area contributed by atoms with Crippen LogP contribution in [-0.2, 0) is 0 Å². The molecule has 0 aromatic carbocycles. The Bertz CT molecular complexity index is 80.9. The summed E-state index contributed by atoms with van der Waals surface area (Å²) in [6.45, 7) is 6.17. The van der Waals surface area contributed by atoms with Crippen LogP contribution in [-0.4, -0.2) is 11.2 Å². The standard InChI is InChI=1S/C8H16O.C2H6/c1-2-7-5-3-4-6-8(7)9;1-2/h7-9H,2-6H2,1H3;1-2H3. The highest BCUT2D eigenvalue weighted by Gasteiger charge is 2.20. The van der Waals surface area contributed by atoms with Crippen LogP contribution in [0.5, 0.6) is 0 Å². The van der Waals surface area contributed by atoms with E-state index in [1.165, 1.54) is 19.3 Å². The van der Waals surface area contributed by atoms with Gasteiger partial charge in [0.2, 0.25) is 0 Å². The predicted molar refractivity (Wildman–Crippen MR) is 49.6 cm³/mol. The smallest absolute Gasteiger partial charge is 0.0568 e. The van der Waals surface area contributed by atoms with Gasteiger partial charge in [0.05, 0.1) is 6.10 Å². The summed E-state index contributed by atoms with van der Waals surface area (Å²) in [6.07, 6.45) is 6.02. The molecule has 0 radical (unpaired) electrons. The lowest BCUT2D eigenvalue weighted by molar-refractivity contribution is 0.0680. The van der Waals surface area contributed by atoms with Gasteiger partial charge in [-0.05, 0) is 18.8 Å². The van der Waals surface area contributed by atoms with Gasteiger partial charge >= 0.3 is 0 Å². The monoisotopic (exact) mass is 158 g/mol. The normalized spacial score (nSPS) is 30.5. The van der Waals surface area contributed by atoms with E-state index in [1.54, 1.807) is 0 Å². The van der Waals surface area contributed by atoms with Crippen molar-refractivity contribution in [2.24, 2.45) is 5.92 Å². The van der Waals surface area contributed by atoms with Crippen molar-refractivity contribution in [3.8, 4) is 0 Å². The summed E-state index contributed by atoms with van der Waals surface area (Å²) < 4.78 is 0. The molecule has 1 saturated carbocycles. The second-order valence-corrected chi connectivity index (χ2v) is 3.02. The fraction of sp³-hybridized carbons (Fsp3) is 1.00. The van der Waals surface area contributed by atoms with Crippen LogP contribution in [0.2, 0.25) is 0 Å². The molecule has 1 aliphatic carbocycles. The highest BCUT2D eigenvalue weighted by atomic mass is 16.3. The van der Waals surface area contributed by atoms with Crippen molar-refractivity contribution in [1.82, 2.24) is 0 Å². The van der Waals surface area contributed by atoms with Crippen molar-refractivity contribution in [2.75, 3.05) is 0 Å². The van der Waals surface area contributed by atoms with E-state index in [9.17, 15) is 5.11 Å². The lowest BCUT2D eigenvalue weighted by Gasteiger charge is -2.25. The highest BCUT2D eigenvalue weighted by Crippen LogP contribution is 2.26. The molecule has 0 heterocycles. The minimum Gasteiger partial charge on any atom is -0.393 e. The van der Waals surface area contributed by atoms with E-state index in [0.717, 1.165) is 12.8 Å². The maximum absolute atomic E-state index is 9.37. The van der Waals surface area contributed by atoms with Crippen LogP contribution in [0.15, 0.2) is 0 Å². The van der Waals surface area contributed by atoms with Gasteiger partial charge in [0.15, 0.2) is 0 Å². The number of hydrogen-bond acceptors (Lipinski definition) is 1. The lowest BCUT2D eigenvalue weighted by Crippen LogP contribution is -2.23. The quantitative estimate of drug-likeness (QED) is 0.622. The molecule has 11 heavy (non-hydrogen) atoms. The van der Waals surface area contributed by atoms with E-state index in [1.807, 2.05) is 13.8 Å². The maximum atomic E-state index is 9.37. The SMILES string of the molecule is CC.CCC1CCCCC1O. The minimum atomic E-state index is 0.0174. The lowest BCUT2D eigenvalue weighted by atomic mass is 9.85. The second kappa shape index (κ2) is 6.66. The van der Waals surface area contributed by atoms with Gasteiger partial charge in [-0.1, -0.05) is 40.0 Å². The zero-order valence-electron chi connectivity index (χ0n) is 8.14. The molecule has 1 aliphatic rings. The minimum absolute atomic E-state index is 0.0174. The average molecular weight is 158 g/mol. The summed E-state index contributed by atoms with van der Waals surface area (Å²) in [4.78, 5) is 0. The number of rotatable bonds is 1. The van der Waals surface area contributed by atoms with Gasteiger partial charge in [0, 0.05) is 0 Å². The van der Waals surface area contributed by atoms with Crippen molar-refractivity contribution >= 4 is 0 Å². The van der Waals surface area contributed by atoms with Gasteiger partial charge in [-0.15, -0.1) is 0 Å². The van der Waals surface area contributed by atoms with Crippen LogP contribution < -0.4 is 0 Å². The largest absolute Gasteiger partial charge is 0.393 e. The first-order chi connectivity index (χ1) is 5.34. The molecule has 68 valence electrons. The highest BCUT2D eigenvalue weighted by molar-refractivity contribution is 4.72. The first kappa shape index (κ1) is 11.0. The molecule has 0 aromatic rings. The Balaban J connectivity index is 0.000000461. The van der Waals surface area contributed by atoms with E-state index >= 15 is 0 Å². The summed E-state index contributed by atoms with van der Waals surface area (Å²) in [5.41, 5.74) is 0. The third-order valence-corrected chi connectivity index (χ3v) is 2.39. The third kappa shape index (κ3) is 3.76. The molecule has 1 heteroatoms. The molecular formula is C10H22O. The maximum Gasteiger partial charge on any atom is 0.0568 e. The number of aliphatic hydroxyl groups excluding tert-OH is 1. The Morgan fingerprint density at radius 3 is 2.09 bits per heavy atom. The van der Waals surface area contributed by atoms with Gasteiger partial charge in [-0.25, -0.2) is 0 Å². The van der Waals surface area contributed by atoms with Crippen molar-refractivity contribution in [1.29, 1.82) is 0 Å². The summed E-state index contributed by atoms with van der Waals surface area (Å²) >= 11 is 0. The Kier molecular flexibility index (Phi) is 6.63. The van der Waals surface area contributed by atoms with Crippen molar-refractivity contribution < 1.29 is 5.11 Å². The molecule has 2 unspecified atom stereocenters. The van der Waals surface area contributed by atoms with E-state index in [0.29, 0.717) is 5.92 Å². The van der Waals surface area contributed by atoms with E-state index < -0.39 is 0 Å². The van der Waals surface area contributed by atoms with Crippen LogP contribution >= 0.6 is 0 Å². The van der Waals surface area contributed by atoms with Crippen molar-refractivity contribution in [3.63, 3.8) is 0 Å². The molecule has 2 atom stereocenters. The molecule has 1 N–H and O–H groups in total. The molecular weight excluding hydrogens is 136 g/mol. The predicted octanol–water partition coefficient (Wildman–Crippen LogP) is 2.97. The summed E-state index contributed by atoms with van der Waals surface area (Å²) in [5, 5.41) is 9.37. The molecule has 0 aromatic heterocycles. The summed E-state index contributed by atoms with van der Waals surface area (Å²) in [6, 6.07) is 0. The van der Waals surface area contributed by atoms with Crippen LogP contribution in [0.1, 0.15) is 52.9 Å². The van der Waals surface area contributed by atoms with Gasteiger partial charge < -0.3 is 5.11 Å². The molecule has 0 spiro atoms. The Morgan fingerprint density at radius 2 is 1.73 bits per heavy atom.